The third-order valence-corrected chi connectivity index (χ3v) is 6.14. The van der Waals surface area contributed by atoms with Crippen LogP contribution in [-0.4, -0.2) is 41.1 Å². The van der Waals surface area contributed by atoms with Crippen LogP contribution < -0.4 is 0 Å². The lowest BCUT2D eigenvalue weighted by atomic mass is 9.67. The highest BCUT2D eigenvalue weighted by atomic mass is 16.6. The number of fused-ring (bicyclic) bond motifs is 2. The van der Waals surface area contributed by atoms with Crippen LogP contribution in [0, 0.1) is 23.2 Å². The first kappa shape index (κ1) is 18.6. The van der Waals surface area contributed by atoms with Gasteiger partial charge in [0.05, 0.1) is 23.0 Å². The number of hydrogen-bond acceptors (Lipinski definition) is 6. The molecule has 7 atom stereocenters. The van der Waals surface area contributed by atoms with Crippen molar-refractivity contribution in [2.24, 2.45) is 23.2 Å². The molecule has 1 N–H and O–H groups in total. The molecule has 1 unspecified atom stereocenters. The van der Waals surface area contributed by atoms with E-state index in [0.717, 1.165) is 0 Å². The number of hydrogen-bond donors (Lipinski definition) is 1. The van der Waals surface area contributed by atoms with Crippen LogP contribution in [0.5, 0.6) is 0 Å². The summed E-state index contributed by atoms with van der Waals surface area (Å²) in [6.45, 7) is 12.6. The van der Waals surface area contributed by atoms with E-state index in [2.05, 4.69) is 13.2 Å². The van der Waals surface area contributed by atoms with Crippen molar-refractivity contribution >= 4 is 17.7 Å². The average molecular weight is 360 g/mol. The second-order valence-corrected chi connectivity index (χ2v) is 7.77. The van der Waals surface area contributed by atoms with E-state index in [1.54, 1.807) is 6.92 Å². The molecule has 1 saturated carbocycles. The highest BCUT2D eigenvalue weighted by molar-refractivity contribution is 5.99. The highest BCUT2D eigenvalue weighted by Gasteiger charge is 2.62. The summed E-state index contributed by atoms with van der Waals surface area (Å²) in [5.41, 5.74) is -0.915. The fourth-order valence-corrected chi connectivity index (χ4v) is 4.51. The van der Waals surface area contributed by atoms with Crippen LogP contribution in [0.2, 0.25) is 0 Å². The van der Waals surface area contributed by atoms with Crippen molar-refractivity contribution in [1.29, 1.82) is 0 Å². The summed E-state index contributed by atoms with van der Waals surface area (Å²) in [5, 5.41) is 9.63. The van der Waals surface area contributed by atoms with Gasteiger partial charge in [0.1, 0.15) is 12.2 Å². The van der Waals surface area contributed by atoms with Gasteiger partial charge in [-0.15, -0.1) is 0 Å². The lowest BCUT2D eigenvalue weighted by Gasteiger charge is -2.39. The Kier molecular flexibility index (Phi) is 4.43. The summed E-state index contributed by atoms with van der Waals surface area (Å²) < 4.78 is 11.2. The number of ketones is 1. The Morgan fingerprint density at radius 1 is 1.46 bits per heavy atom. The predicted molar refractivity (Wildman–Crippen MR) is 92.7 cm³/mol. The molecule has 0 aromatic carbocycles. The van der Waals surface area contributed by atoms with E-state index in [0.29, 0.717) is 6.42 Å². The van der Waals surface area contributed by atoms with Gasteiger partial charge < -0.3 is 14.6 Å². The molecule has 3 aliphatic rings. The second kappa shape index (κ2) is 6.20. The van der Waals surface area contributed by atoms with Gasteiger partial charge in [-0.25, -0.2) is 9.59 Å². The molecule has 0 spiro atoms. The number of rotatable bonds is 3. The van der Waals surface area contributed by atoms with E-state index in [1.165, 1.54) is 13.0 Å². The Bertz CT molecular complexity index is 733. The molecular formula is C20H24O6. The first-order chi connectivity index (χ1) is 12.1. The molecule has 3 rings (SSSR count). The molecule has 0 aromatic rings. The zero-order valence-corrected chi connectivity index (χ0v) is 15.2. The van der Waals surface area contributed by atoms with Crippen molar-refractivity contribution < 1.29 is 29.0 Å². The third-order valence-electron chi connectivity index (χ3n) is 6.14. The SMILES string of the molecule is C=C(C(=O)O[C@H]1[C@@H]2C(=C)C(=O)O[C@@H]2C[C@@H](C)[C@@H]2C=CC(=O)[C@]21C)C(C)O. The fraction of sp³-hybridized carbons (Fsp3) is 0.550. The molecule has 2 aliphatic carbocycles. The maximum absolute atomic E-state index is 12.8. The molecule has 6 heteroatoms. The number of carbonyl (C=O) groups is 3. The molecule has 0 radical (unpaired) electrons. The summed E-state index contributed by atoms with van der Waals surface area (Å²) >= 11 is 0. The van der Waals surface area contributed by atoms with E-state index in [9.17, 15) is 19.5 Å². The molecule has 2 fully saturated rings. The lowest BCUT2D eigenvalue weighted by Crippen LogP contribution is -2.49. The number of allylic oxidation sites excluding steroid dienone is 2. The van der Waals surface area contributed by atoms with Gasteiger partial charge in [0.15, 0.2) is 5.78 Å². The number of aliphatic hydroxyl groups is 1. The van der Waals surface area contributed by atoms with Gasteiger partial charge in [0, 0.05) is 5.57 Å². The largest absolute Gasteiger partial charge is 0.458 e. The molecule has 140 valence electrons. The number of aliphatic hydroxyl groups excluding tert-OH is 1. The van der Waals surface area contributed by atoms with Crippen LogP contribution in [0.4, 0.5) is 0 Å². The van der Waals surface area contributed by atoms with Crippen LogP contribution in [0.1, 0.15) is 27.2 Å². The monoisotopic (exact) mass is 360 g/mol. The van der Waals surface area contributed by atoms with Crippen LogP contribution in [0.3, 0.4) is 0 Å². The summed E-state index contributed by atoms with van der Waals surface area (Å²) in [6, 6.07) is 0. The normalized spacial score (nSPS) is 39.7. The van der Waals surface area contributed by atoms with Gasteiger partial charge in [0.2, 0.25) is 0 Å². The molecule has 0 bridgehead atoms. The van der Waals surface area contributed by atoms with Crippen LogP contribution in [0.15, 0.2) is 36.5 Å². The maximum atomic E-state index is 12.8. The first-order valence-corrected chi connectivity index (χ1v) is 8.79. The molecule has 1 heterocycles. The lowest BCUT2D eigenvalue weighted by molar-refractivity contribution is -0.161. The van der Waals surface area contributed by atoms with Crippen molar-refractivity contribution in [3.63, 3.8) is 0 Å². The summed E-state index contributed by atoms with van der Waals surface area (Å²) in [7, 11) is 0. The van der Waals surface area contributed by atoms with Gasteiger partial charge in [-0.2, -0.15) is 0 Å². The Hall–Kier alpha value is -2.21. The van der Waals surface area contributed by atoms with Gasteiger partial charge in [-0.3, -0.25) is 4.79 Å². The van der Waals surface area contributed by atoms with Gasteiger partial charge in [-0.05, 0) is 38.2 Å². The average Bonchev–Trinajstić information content (AvgIpc) is 2.99. The van der Waals surface area contributed by atoms with Crippen molar-refractivity contribution in [2.45, 2.75) is 45.5 Å². The number of ether oxygens (including phenoxy) is 2. The fourth-order valence-electron chi connectivity index (χ4n) is 4.51. The standard InChI is InChI=1S/C20H24O6/c1-9-8-14-16(11(3)19(24)25-14)17(26-18(23)10(2)12(4)21)20(5)13(9)6-7-15(20)22/h6-7,9,12-14,16-17,21H,2-3,8H2,1,4-5H3/t9-,12?,13+,14-,16-,17+,20+/m1/s1. The Balaban J connectivity index is 2.06. The van der Waals surface area contributed by atoms with Crippen LogP contribution in [0.25, 0.3) is 0 Å². The Labute approximate surface area is 152 Å². The van der Waals surface area contributed by atoms with Crippen molar-refractivity contribution in [2.75, 3.05) is 0 Å². The summed E-state index contributed by atoms with van der Waals surface area (Å²) in [4.78, 5) is 37.4. The molecule has 26 heavy (non-hydrogen) atoms. The molecule has 6 nitrogen and oxygen atoms in total. The van der Waals surface area contributed by atoms with Gasteiger partial charge in [-0.1, -0.05) is 26.2 Å². The van der Waals surface area contributed by atoms with Gasteiger partial charge in [0.25, 0.3) is 0 Å². The number of esters is 2. The molecule has 0 amide bonds. The molecule has 0 aromatic heterocycles. The second-order valence-electron chi connectivity index (χ2n) is 7.77. The zero-order valence-electron chi connectivity index (χ0n) is 15.2. The summed E-state index contributed by atoms with van der Waals surface area (Å²) in [5.74, 6) is -2.16. The van der Waals surface area contributed by atoms with Crippen molar-refractivity contribution in [3.8, 4) is 0 Å². The zero-order chi connectivity index (χ0) is 19.4. The van der Waals surface area contributed by atoms with E-state index >= 15 is 0 Å². The van der Waals surface area contributed by atoms with Gasteiger partial charge >= 0.3 is 11.9 Å². The molecular weight excluding hydrogens is 336 g/mol. The maximum Gasteiger partial charge on any atom is 0.336 e. The smallest absolute Gasteiger partial charge is 0.336 e. The van der Waals surface area contributed by atoms with Crippen molar-refractivity contribution in [3.05, 3.63) is 36.5 Å². The third kappa shape index (κ3) is 2.55. The molecule has 1 saturated heterocycles. The topological polar surface area (TPSA) is 89.9 Å². The van der Waals surface area contributed by atoms with E-state index in [1.807, 2.05) is 13.0 Å². The number of carbonyl (C=O) groups excluding carboxylic acids is 3. The minimum atomic E-state index is -1.08. The molecule has 1 aliphatic heterocycles. The van der Waals surface area contributed by atoms with E-state index in [4.69, 9.17) is 9.47 Å². The first-order valence-electron chi connectivity index (χ1n) is 8.79. The quantitative estimate of drug-likeness (QED) is 0.609. The summed E-state index contributed by atoms with van der Waals surface area (Å²) in [6.07, 6.45) is 1.43. The minimum Gasteiger partial charge on any atom is -0.458 e. The van der Waals surface area contributed by atoms with Crippen LogP contribution >= 0.6 is 0 Å². The van der Waals surface area contributed by atoms with Crippen molar-refractivity contribution in [1.82, 2.24) is 0 Å². The minimum absolute atomic E-state index is 0.0533. The Morgan fingerprint density at radius 2 is 2.12 bits per heavy atom. The van der Waals surface area contributed by atoms with Crippen LogP contribution in [-0.2, 0) is 23.9 Å². The highest BCUT2D eigenvalue weighted by Crippen LogP contribution is 2.54. The van der Waals surface area contributed by atoms with E-state index < -0.39 is 41.6 Å². The Morgan fingerprint density at radius 3 is 2.73 bits per heavy atom. The van der Waals surface area contributed by atoms with E-state index in [-0.39, 0.29) is 28.8 Å². The predicted octanol–water partition coefficient (Wildman–Crippen LogP) is 1.73.